The number of rotatable bonds is 8. The average Bonchev–Trinajstić information content (AvgIpc) is 3.40. The molecule has 0 spiro atoms. The molecule has 3 aromatic rings. The van der Waals surface area contributed by atoms with Crippen LogP contribution in [0.1, 0.15) is 35.9 Å². The molecule has 6 nitrogen and oxygen atoms in total. The summed E-state index contributed by atoms with van der Waals surface area (Å²) in [4.78, 5) is 32.5. The van der Waals surface area contributed by atoms with Gasteiger partial charge in [-0.1, -0.05) is 42.5 Å². The third-order valence-corrected chi connectivity index (χ3v) is 5.67. The van der Waals surface area contributed by atoms with Crippen LogP contribution in [0.3, 0.4) is 0 Å². The van der Waals surface area contributed by atoms with Crippen molar-refractivity contribution in [3.05, 3.63) is 101 Å². The number of benzene rings is 2. The maximum atomic E-state index is 12.6. The van der Waals surface area contributed by atoms with E-state index in [1.54, 1.807) is 12.4 Å². The molecule has 162 valence electrons. The second-order valence-electron chi connectivity index (χ2n) is 7.81. The number of H-pyrrole nitrogens is 1. The van der Waals surface area contributed by atoms with Crippen LogP contribution < -0.4 is 10.6 Å². The highest BCUT2D eigenvalue weighted by Crippen LogP contribution is 2.30. The molecule has 0 saturated heterocycles. The maximum absolute atomic E-state index is 12.6. The number of carbonyl (C=O) groups is 2. The molecular weight excluding hydrogens is 400 g/mol. The van der Waals surface area contributed by atoms with E-state index < -0.39 is 0 Å². The summed E-state index contributed by atoms with van der Waals surface area (Å²) >= 11 is 0. The summed E-state index contributed by atoms with van der Waals surface area (Å²) in [6.45, 7) is 4.59. The zero-order valence-corrected chi connectivity index (χ0v) is 18.2. The zero-order valence-electron chi connectivity index (χ0n) is 18.2. The van der Waals surface area contributed by atoms with E-state index in [9.17, 15) is 9.59 Å². The Kier molecular flexibility index (Phi) is 6.31. The van der Waals surface area contributed by atoms with E-state index in [2.05, 4.69) is 33.6 Å². The van der Waals surface area contributed by atoms with Gasteiger partial charge in [-0.05, 0) is 48.2 Å². The van der Waals surface area contributed by atoms with Crippen LogP contribution in [0.5, 0.6) is 0 Å². The molecule has 1 aliphatic heterocycles. The topological polar surface area (TPSA) is 86.9 Å². The van der Waals surface area contributed by atoms with E-state index in [4.69, 9.17) is 0 Å². The van der Waals surface area contributed by atoms with Crippen molar-refractivity contribution in [2.75, 3.05) is 5.32 Å². The minimum Gasteiger partial charge on any atom is -0.378 e. The molecular formula is C26H26N4O2. The van der Waals surface area contributed by atoms with E-state index in [0.29, 0.717) is 30.5 Å². The number of anilines is 1. The maximum Gasteiger partial charge on any atom is 0.254 e. The first-order valence-electron chi connectivity index (χ1n) is 10.6. The van der Waals surface area contributed by atoms with Crippen LogP contribution in [0.4, 0.5) is 5.69 Å². The van der Waals surface area contributed by atoms with Crippen LogP contribution in [-0.4, -0.2) is 21.8 Å². The number of hydrogen-bond acceptors (Lipinski definition) is 4. The summed E-state index contributed by atoms with van der Waals surface area (Å²) in [6, 6.07) is 16.0. The fourth-order valence-corrected chi connectivity index (χ4v) is 3.95. The number of hydrogen-bond donors (Lipinski definition) is 3. The number of nitrogens with zero attached hydrogens (tertiary/aromatic N) is 1. The minimum atomic E-state index is -0.306. The molecule has 0 fully saturated rings. The van der Waals surface area contributed by atoms with Gasteiger partial charge in [-0.15, -0.1) is 0 Å². The van der Waals surface area contributed by atoms with Gasteiger partial charge in [-0.3, -0.25) is 14.9 Å². The number of amides is 2. The van der Waals surface area contributed by atoms with Crippen molar-refractivity contribution in [2.24, 2.45) is 0 Å². The summed E-state index contributed by atoms with van der Waals surface area (Å²) in [7, 11) is 0. The van der Waals surface area contributed by atoms with E-state index in [1.165, 1.54) is 0 Å². The molecule has 0 radical (unpaired) electrons. The number of allylic oxidation sites excluding steroid dienone is 2. The molecule has 3 N–H and O–H groups in total. The molecule has 0 saturated carbocycles. The van der Waals surface area contributed by atoms with Gasteiger partial charge in [0.1, 0.15) is 5.82 Å². The Labute approximate surface area is 187 Å². The molecule has 0 aliphatic carbocycles. The fourth-order valence-electron chi connectivity index (χ4n) is 3.95. The summed E-state index contributed by atoms with van der Waals surface area (Å²) in [5, 5.41) is 5.81. The predicted molar refractivity (Wildman–Crippen MR) is 126 cm³/mol. The number of imide groups is 1. The Morgan fingerprint density at radius 2 is 1.88 bits per heavy atom. The van der Waals surface area contributed by atoms with Crippen molar-refractivity contribution in [2.45, 2.75) is 33.2 Å². The largest absolute Gasteiger partial charge is 0.378 e. The van der Waals surface area contributed by atoms with Crippen LogP contribution in [0.15, 0.2) is 78.1 Å². The number of imidazole rings is 1. The van der Waals surface area contributed by atoms with Gasteiger partial charge in [0.2, 0.25) is 0 Å². The molecule has 2 amide bonds. The third kappa shape index (κ3) is 4.70. The lowest BCUT2D eigenvalue weighted by Gasteiger charge is -2.12. The number of aromatic amines is 1. The van der Waals surface area contributed by atoms with E-state index in [0.717, 1.165) is 33.8 Å². The van der Waals surface area contributed by atoms with E-state index in [-0.39, 0.29) is 11.8 Å². The number of aromatic nitrogens is 2. The molecule has 1 aliphatic rings. The molecule has 0 bridgehead atoms. The second kappa shape index (κ2) is 9.47. The lowest BCUT2D eigenvalue weighted by Crippen LogP contribution is -2.23. The average molecular weight is 427 g/mol. The number of carbonyl (C=O) groups excluding carboxylic acids is 2. The van der Waals surface area contributed by atoms with Gasteiger partial charge < -0.3 is 10.3 Å². The quantitative estimate of drug-likeness (QED) is 0.468. The van der Waals surface area contributed by atoms with Crippen molar-refractivity contribution in [3.8, 4) is 0 Å². The highest BCUT2D eigenvalue weighted by Gasteiger charge is 2.30. The number of nitrogens with one attached hydrogen (secondary N) is 3. The SMILES string of the molecule is C/C=C(/CC1=C(Cc2cccc(NCc3ncc[nH]3)c2)C(=O)NC1=O)c1ccccc1C. The summed E-state index contributed by atoms with van der Waals surface area (Å²) in [5.74, 6) is 0.237. The Hall–Kier alpha value is -3.93. The van der Waals surface area contributed by atoms with Gasteiger partial charge >= 0.3 is 0 Å². The van der Waals surface area contributed by atoms with Crippen molar-refractivity contribution >= 4 is 23.1 Å². The predicted octanol–water partition coefficient (Wildman–Crippen LogP) is 4.32. The van der Waals surface area contributed by atoms with Gasteiger partial charge in [0.25, 0.3) is 11.8 Å². The Morgan fingerprint density at radius 3 is 2.62 bits per heavy atom. The highest BCUT2D eigenvalue weighted by atomic mass is 16.2. The number of aryl methyl sites for hydroxylation is 1. The van der Waals surface area contributed by atoms with Crippen LogP contribution in [0.25, 0.3) is 5.57 Å². The Bertz CT molecular complexity index is 1210. The van der Waals surface area contributed by atoms with E-state index >= 15 is 0 Å². The molecule has 0 unspecified atom stereocenters. The van der Waals surface area contributed by atoms with E-state index in [1.807, 2.05) is 55.5 Å². The third-order valence-electron chi connectivity index (χ3n) is 5.67. The molecule has 2 heterocycles. The summed E-state index contributed by atoms with van der Waals surface area (Å²) in [6.07, 6.45) is 6.33. The van der Waals surface area contributed by atoms with Gasteiger partial charge in [0, 0.05) is 42.1 Å². The lowest BCUT2D eigenvalue weighted by atomic mass is 9.91. The Balaban J connectivity index is 1.56. The second-order valence-corrected chi connectivity index (χ2v) is 7.81. The van der Waals surface area contributed by atoms with Gasteiger partial charge in [-0.25, -0.2) is 4.98 Å². The molecule has 6 heteroatoms. The van der Waals surface area contributed by atoms with Gasteiger partial charge in [-0.2, -0.15) is 0 Å². The standard InChI is InChI=1S/C26H26N4O2/c1-3-19(21-10-5-4-7-17(21)2)15-23-22(25(31)30-26(23)32)14-18-8-6-9-20(13-18)29-16-24-27-11-12-28-24/h3-13,29H,14-16H2,1-2H3,(H,27,28)(H,30,31,32)/b19-3-. The Morgan fingerprint density at radius 1 is 1.06 bits per heavy atom. The highest BCUT2D eigenvalue weighted by molar-refractivity contribution is 6.20. The van der Waals surface area contributed by atoms with Crippen LogP contribution in [0.2, 0.25) is 0 Å². The molecule has 1 aromatic heterocycles. The molecule has 4 rings (SSSR count). The van der Waals surface area contributed by atoms with Crippen LogP contribution in [0, 0.1) is 6.92 Å². The van der Waals surface area contributed by atoms with Crippen molar-refractivity contribution in [1.82, 2.24) is 15.3 Å². The first-order valence-corrected chi connectivity index (χ1v) is 10.6. The zero-order chi connectivity index (χ0) is 22.5. The molecule has 0 atom stereocenters. The van der Waals surface area contributed by atoms with Crippen LogP contribution in [-0.2, 0) is 22.6 Å². The van der Waals surface area contributed by atoms with Crippen LogP contribution >= 0.6 is 0 Å². The summed E-state index contributed by atoms with van der Waals surface area (Å²) < 4.78 is 0. The minimum absolute atomic E-state index is 0.301. The summed E-state index contributed by atoms with van der Waals surface area (Å²) in [5.41, 5.74) is 6.24. The van der Waals surface area contributed by atoms with Crippen molar-refractivity contribution in [1.29, 1.82) is 0 Å². The smallest absolute Gasteiger partial charge is 0.254 e. The molecule has 2 aromatic carbocycles. The molecule has 32 heavy (non-hydrogen) atoms. The first kappa shape index (κ1) is 21.3. The normalized spacial score (nSPS) is 14.1. The van der Waals surface area contributed by atoms with Crippen molar-refractivity contribution < 1.29 is 9.59 Å². The fraction of sp³-hybridized carbons (Fsp3) is 0.192. The van der Waals surface area contributed by atoms with Crippen molar-refractivity contribution in [3.63, 3.8) is 0 Å². The van der Waals surface area contributed by atoms with Gasteiger partial charge in [0.05, 0.1) is 6.54 Å². The first-order chi connectivity index (χ1) is 15.5. The monoisotopic (exact) mass is 426 g/mol. The lowest BCUT2D eigenvalue weighted by molar-refractivity contribution is -0.124. The van der Waals surface area contributed by atoms with Gasteiger partial charge in [0.15, 0.2) is 0 Å².